The Bertz CT molecular complexity index is 731. The van der Waals surface area contributed by atoms with E-state index in [2.05, 4.69) is 17.0 Å². The Labute approximate surface area is 141 Å². The minimum Gasteiger partial charge on any atom is -0.304 e. The van der Waals surface area contributed by atoms with Crippen molar-refractivity contribution >= 4 is 11.7 Å². The summed E-state index contributed by atoms with van der Waals surface area (Å²) in [6.07, 6.45) is 9.62. The number of hydrazine groups is 1. The summed E-state index contributed by atoms with van der Waals surface area (Å²) in [4.78, 5) is 30.0. The van der Waals surface area contributed by atoms with Gasteiger partial charge in [0.2, 0.25) is 11.7 Å². The zero-order valence-electron chi connectivity index (χ0n) is 14.0. The van der Waals surface area contributed by atoms with Crippen LogP contribution in [0.5, 0.6) is 0 Å². The van der Waals surface area contributed by atoms with Gasteiger partial charge in [-0.2, -0.15) is 0 Å². The predicted octanol–water partition coefficient (Wildman–Crippen LogP) is 2.04. The highest BCUT2D eigenvalue weighted by Gasteiger charge is 2.41. The molecule has 1 amide bonds. The molecule has 2 fully saturated rings. The molecule has 3 aliphatic carbocycles. The van der Waals surface area contributed by atoms with Crippen LogP contribution in [0.2, 0.25) is 0 Å². The maximum atomic E-state index is 12.9. The lowest BCUT2D eigenvalue weighted by atomic mass is 10.00. The van der Waals surface area contributed by atoms with Crippen LogP contribution in [0.3, 0.4) is 0 Å². The van der Waals surface area contributed by atoms with E-state index in [1.54, 1.807) is 15.7 Å². The van der Waals surface area contributed by atoms with Crippen LogP contribution in [0.1, 0.15) is 49.9 Å². The minimum atomic E-state index is -0.148. The molecule has 24 heavy (non-hydrogen) atoms. The molecule has 4 rings (SSSR count). The number of nitrogens with zero attached hydrogens (tertiary/aromatic N) is 3. The molecule has 6 nitrogen and oxygen atoms in total. The van der Waals surface area contributed by atoms with Gasteiger partial charge in [0, 0.05) is 18.2 Å². The maximum absolute atomic E-state index is 12.9. The van der Waals surface area contributed by atoms with E-state index < -0.39 is 0 Å². The van der Waals surface area contributed by atoms with Crippen molar-refractivity contribution in [2.75, 3.05) is 5.43 Å². The second-order valence-electron chi connectivity index (χ2n) is 7.09. The monoisotopic (exact) mass is 328 g/mol. The van der Waals surface area contributed by atoms with Gasteiger partial charge in [0.1, 0.15) is 0 Å². The summed E-state index contributed by atoms with van der Waals surface area (Å²) in [5, 5.41) is 1.68. The van der Waals surface area contributed by atoms with Gasteiger partial charge < -0.3 is 4.57 Å². The summed E-state index contributed by atoms with van der Waals surface area (Å²) in [6.45, 7) is 4.25. The number of anilines is 1. The van der Waals surface area contributed by atoms with Gasteiger partial charge in [0.05, 0.1) is 11.7 Å². The van der Waals surface area contributed by atoms with Crippen LogP contribution in [-0.4, -0.2) is 26.5 Å². The van der Waals surface area contributed by atoms with E-state index in [9.17, 15) is 9.59 Å². The van der Waals surface area contributed by atoms with Gasteiger partial charge in [-0.1, -0.05) is 6.08 Å². The fraction of sp³-hybridized carbons (Fsp3) is 0.611. The van der Waals surface area contributed by atoms with Crippen LogP contribution in [0.25, 0.3) is 0 Å². The van der Waals surface area contributed by atoms with Crippen molar-refractivity contribution in [1.29, 1.82) is 0 Å². The Hall–Kier alpha value is -2.11. The van der Waals surface area contributed by atoms with Gasteiger partial charge in [0.25, 0.3) is 5.56 Å². The van der Waals surface area contributed by atoms with Gasteiger partial charge in [0.15, 0.2) is 0 Å². The molecule has 0 aliphatic heterocycles. The molecule has 0 unspecified atom stereocenters. The van der Waals surface area contributed by atoms with E-state index in [0.29, 0.717) is 12.4 Å². The zero-order valence-corrected chi connectivity index (χ0v) is 14.0. The molecule has 0 saturated heterocycles. The molecule has 0 bridgehead atoms. The van der Waals surface area contributed by atoms with Crippen molar-refractivity contribution in [2.24, 2.45) is 5.92 Å². The third-order valence-electron chi connectivity index (χ3n) is 5.04. The van der Waals surface area contributed by atoms with Crippen LogP contribution in [0, 0.1) is 5.92 Å². The number of aromatic nitrogens is 2. The molecule has 1 aromatic heterocycles. The highest BCUT2D eigenvalue weighted by Crippen LogP contribution is 2.35. The number of allylic oxidation sites excluding steroid dienone is 1. The predicted molar refractivity (Wildman–Crippen MR) is 91.6 cm³/mol. The molecule has 1 aromatic rings. The number of amides is 1. The van der Waals surface area contributed by atoms with Crippen molar-refractivity contribution in [3.8, 4) is 0 Å². The number of aryl methyl sites for hydroxylation is 1. The first-order valence-corrected chi connectivity index (χ1v) is 9.02. The largest absolute Gasteiger partial charge is 0.304 e. The molecule has 2 saturated carbocycles. The van der Waals surface area contributed by atoms with Crippen molar-refractivity contribution in [3.05, 3.63) is 34.4 Å². The molecular weight excluding hydrogens is 304 g/mol. The Morgan fingerprint density at radius 1 is 1.29 bits per heavy atom. The maximum Gasteiger partial charge on any atom is 0.295 e. The molecule has 3 aliphatic rings. The van der Waals surface area contributed by atoms with E-state index in [1.165, 1.54) is 0 Å². The van der Waals surface area contributed by atoms with E-state index in [-0.39, 0.29) is 23.4 Å². The average molecular weight is 328 g/mol. The van der Waals surface area contributed by atoms with Crippen LogP contribution in [0.4, 0.5) is 5.82 Å². The Morgan fingerprint density at radius 2 is 2.04 bits per heavy atom. The molecule has 128 valence electrons. The molecule has 1 heterocycles. The normalized spacial score (nSPS) is 19.5. The van der Waals surface area contributed by atoms with Gasteiger partial charge in [-0.3, -0.25) is 20.0 Å². The quantitative estimate of drug-likeness (QED) is 0.641. The lowest BCUT2D eigenvalue weighted by Gasteiger charge is -2.26. The van der Waals surface area contributed by atoms with Crippen molar-refractivity contribution in [1.82, 2.24) is 14.6 Å². The smallest absolute Gasteiger partial charge is 0.295 e. The van der Waals surface area contributed by atoms with Crippen LogP contribution in [-0.2, 0) is 24.2 Å². The fourth-order valence-electron chi connectivity index (χ4n) is 3.41. The van der Waals surface area contributed by atoms with Crippen molar-refractivity contribution in [2.45, 2.75) is 64.0 Å². The minimum absolute atomic E-state index is 0.117. The van der Waals surface area contributed by atoms with Crippen LogP contribution < -0.4 is 11.0 Å². The van der Waals surface area contributed by atoms with Gasteiger partial charge in [-0.25, -0.2) is 4.98 Å². The Balaban J connectivity index is 1.68. The summed E-state index contributed by atoms with van der Waals surface area (Å²) < 4.78 is 1.77. The number of nitrogens with one attached hydrogen (secondary N) is 1. The topological polar surface area (TPSA) is 67.2 Å². The van der Waals surface area contributed by atoms with Crippen LogP contribution in [0.15, 0.2) is 17.4 Å². The van der Waals surface area contributed by atoms with E-state index in [1.807, 2.05) is 0 Å². The number of hydrogen-bond acceptors (Lipinski definition) is 4. The summed E-state index contributed by atoms with van der Waals surface area (Å²) >= 11 is 0. The highest BCUT2D eigenvalue weighted by molar-refractivity contribution is 5.82. The van der Waals surface area contributed by atoms with E-state index in [4.69, 9.17) is 0 Å². The number of hydrogen-bond donors (Lipinski definition) is 1. The van der Waals surface area contributed by atoms with Gasteiger partial charge in [-0.15, -0.1) is 6.58 Å². The van der Waals surface area contributed by atoms with Gasteiger partial charge >= 0.3 is 0 Å². The molecule has 0 radical (unpaired) electrons. The van der Waals surface area contributed by atoms with Crippen molar-refractivity contribution in [3.63, 3.8) is 0 Å². The molecule has 6 heteroatoms. The van der Waals surface area contributed by atoms with E-state index >= 15 is 0 Å². The molecule has 0 spiro atoms. The first kappa shape index (κ1) is 15.4. The molecule has 0 atom stereocenters. The third-order valence-corrected chi connectivity index (χ3v) is 5.04. The zero-order chi connectivity index (χ0) is 16.7. The first-order chi connectivity index (χ1) is 11.7. The SMILES string of the molecule is C=CCn1c2c(nc(NN(C(=O)C3CC3)C3CC3)c1=O)CCCC2. The number of fused-ring (bicyclic) bond motifs is 1. The number of carbonyl (C=O) groups is 1. The summed E-state index contributed by atoms with van der Waals surface area (Å²) in [7, 11) is 0. The van der Waals surface area contributed by atoms with E-state index in [0.717, 1.165) is 62.8 Å². The highest BCUT2D eigenvalue weighted by atomic mass is 16.2. The number of rotatable bonds is 6. The Kier molecular flexibility index (Phi) is 3.90. The second-order valence-corrected chi connectivity index (χ2v) is 7.09. The van der Waals surface area contributed by atoms with Crippen LogP contribution >= 0.6 is 0 Å². The second kappa shape index (κ2) is 6.07. The van der Waals surface area contributed by atoms with Crippen molar-refractivity contribution < 1.29 is 4.79 Å². The lowest BCUT2D eigenvalue weighted by molar-refractivity contribution is -0.131. The lowest BCUT2D eigenvalue weighted by Crippen LogP contribution is -2.42. The molecular formula is C18H24N4O2. The summed E-state index contributed by atoms with van der Waals surface area (Å²) in [5.74, 6) is 0.538. The third kappa shape index (κ3) is 2.85. The molecule has 1 N–H and O–H groups in total. The fourth-order valence-corrected chi connectivity index (χ4v) is 3.41. The Morgan fingerprint density at radius 3 is 2.71 bits per heavy atom. The molecule has 0 aromatic carbocycles. The number of carbonyl (C=O) groups excluding carboxylic acids is 1. The summed E-state index contributed by atoms with van der Waals surface area (Å²) in [6, 6.07) is 0.211. The summed E-state index contributed by atoms with van der Waals surface area (Å²) in [5.41, 5.74) is 4.95. The standard InChI is InChI=1S/C18H24N4O2/c1-2-11-21-15-6-4-3-5-14(15)19-16(18(21)24)20-22(13-9-10-13)17(23)12-7-8-12/h2,12-13H,1,3-11H2,(H,19,20). The average Bonchev–Trinajstić information content (AvgIpc) is 3.48. The van der Waals surface area contributed by atoms with Gasteiger partial charge in [-0.05, 0) is 51.4 Å². The first-order valence-electron chi connectivity index (χ1n) is 9.02.